The number of benzene rings is 1. The highest BCUT2D eigenvalue weighted by molar-refractivity contribution is 9.10. The summed E-state index contributed by atoms with van der Waals surface area (Å²) in [6.45, 7) is 1.03. The van der Waals surface area contributed by atoms with Crippen molar-refractivity contribution in [1.29, 1.82) is 0 Å². The predicted molar refractivity (Wildman–Crippen MR) is 56.4 cm³/mol. The number of ether oxygens (including phenoxy) is 1. The number of para-hydroxylation sites is 1. The van der Waals surface area contributed by atoms with Gasteiger partial charge in [-0.15, -0.1) is 0 Å². The molecule has 15 heavy (non-hydrogen) atoms. The van der Waals surface area contributed by atoms with Gasteiger partial charge in [-0.1, -0.05) is 18.2 Å². The minimum Gasteiger partial charge on any atom is -0.496 e. The van der Waals surface area contributed by atoms with Crippen molar-refractivity contribution in [3.05, 3.63) is 29.8 Å². The lowest BCUT2D eigenvalue weighted by Crippen LogP contribution is -2.38. The second-order valence-electron chi connectivity index (χ2n) is 3.27. The minimum atomic E-state index is -3.42. The smallest absolute Gasteiger partial charge is 0.333 e. The predicted octanol–water partition coefficient (Wildman–Crippen LogP) is 2.89. The van der Waals surface area contributed by atoms with E-state index < -0.39 is 10.4 Å². The molecule has 1 rings (SSSR count). The molecule has 0 saturated heterocycles. The number of methoxy groups -OCH3 is 1. The highest BCUT2D eigenvalue weighted by Gasteiger charge is 2.49. The van der Waals surface area contributed by atoms with Crippen molar-refractivity contribution in [1.82, 2.24) is 0 Å². The van der Waals surface area contributed by atoms with Crippen LogP contribution in [0, 0.1) is 0 Å². The van der Waals surface area contributed by atoms with Gasteiger partial charge in [-0.3, -0.25) is 0 Å². The summed E-state index contributed by atoms with van der Waals surface area (Å²) in [4.78, 5) is -3.42. The molecule has 0 aromatic heterocycles. The molecule has 0 aliphatic carbocycles. The van der Waals surface area contributed by atoms with Crippen LogP contribution in [-0.2, 0) is 5.60 Å². The normalized spacial score (nSPS) is 15.9. The third kappa shape index (κ3) is 2.29. The van der Waals surface area contributed by atoms with Gasteiger partial charge in [0.1, 0.15) is 5.75 Å². The minimum absolute atomic E-state index is 0.0365. The van der Waals surface area contributed by atoms with Crippen LogP contribution in [0.5, 0.6) is 5.75 Å². The largest absolute Gasteiger partial charge is 0.496 e. The topological polar surface area (TPSA) is 29.5 Å². The molecule has 0 radical (unpaired) electrons. The maximum absolute atomic E-state index is 13.1. The zero-order valence-corrected chi connectivity index (χ0v) is 9.88. The van der Waals surface area contributed by atoms with Crippen LogP contribution in [0.3, 0.4) is 0 Å². The van der Waals surface area contributed by atoms with E-state index in [2.05, 4.69) is 15.9 Å². The van der Waals surface area contributed by atoms with E-state index in [1.54, 1.807) is 12.1 Å². The highest BCUT2D eigenvalue weighted by atomic mass is 79.9. The molecule has 84 valence electrons. The number of aliphatic hydroxyl groups is 1. The van der Waals surface area contributed by atoms with Gasteiger partial charge in [0.25, 0.3) is 0 Å². The average molecular weight is 281 g/mol. The van der Waals surface area contributed by atoms with Gasteiger partial charge in [0.05, 0.1) is 7.11 Å². The molecule has 1 aromatic carbocycles. The van der Waals surface area contributed by atoms with Crippen LogP contribution < -0.4 is 4.74 Å². The summed E-state index contributed by atoms with van der Waals surface area (Å²) in [6, 6.07) is 6.12. The van der Waals surface area contributed by atoms with Crippen molar-refractivity contribution >= 4 is 15.9 Å². The van der Waals surface area contributed by atoms with Crippen LogP contribution in [0.25, 0.3) is 0 Å². The fourth-order valence-electron chi connectivity index (χ4n) is 1.20. The summed E-state index contributed by atoms with van der Waals surface area (Å²) in [5, 5.41) is 9.76. The van der Waals surface area contributed by atoms with Crippen molar-refractivity contribution < 1.29 is 18.6 Å². The Bertz CT molecular complexity index is 348. The van der Waals surface area contributed by atoms with Crippen molar-refractivity contribution in [2.75, 3.05) is 7.11 Å². The third-order valence-corrected chi connectivity index (χ3v) is 2.96. The Kier molecular flexibility index (Phi) is 3.35. The first-order valence-corrected chi connectivity index (χ1v) is 5.02. The first-order chi connectivity index (χ1) is 6.80. The fourth-order valence-corrected chi connectivity index (χ4v) is 1.41. The van der Waals surface area contributed by atoms with Crippen LogP contribution >= 0.6 is 15.9 Å². The molecule has 0 aliphatic rings. The Morgan fingerprint density at radius 3 is 2.33 bits per heavy atom. The fraction of sp³-hybridized carbons (Fsp3) is 0.400. The zero-order chi connectivity index (χ0) is 11.7. The number of halogens is 3. The quantitative estimate of drug-likeness (QED) is 0.863. The van der Waals surface area contributed by atoms with E-state index in [1.807, 2.05) is 0 Å². The summed E-state index contributed by atoms with van der Waals surface area (Å²) >= 11 is 2.16. The molecule has 1 unspecified atom stereocenters. The third-order valence-electron chi connectivity index (χ3n) is 2.18. The molecule has 0 heterocycles. The molecule has 1 N–H and O–H groups in total. The van der Waals surface area contributed by atoms with E-state index in [-0.39, 0.29) is 11.3 Å². The van der Waals surface area contributed by atoms with Gasteiger partial charge in [0, 0.05) is 5.56 Å². The van der Waals surface area contributed by atoms with E-state index in [0.29, 0.717) is 0 Å². The van der Waals surface area contributed by atoms with Gasteiger partial charge in [-0.2, -0.15) is 8.78 Å². The number of hydrogen-bond donors (Lipinski definition) is 1. The molecule has 2 nitrogen and oxygen atoms in total. The Balaban J connectivity index is 3.26. The maximum atomic E-state index is 13.1. The molecule has 1 atom stereocenters. The van der Waals surface area contributed by atoms with Crippen LogP contribution in [0.1, 0.15) is 12.5 Å². The van der Waals surface area contributed by atoms with E-state index in [4.69, 9.17) is 4.74 Å². The summed E-state index contributed by atoms with van der Waals surface area (Å²) in [5.41, 5.74) is -2.28. The Labute approximate surface area is 95.0 Å². The molecular weight excluding hydrogens is 270 g/mol. The Morgan fingerprint density at radius 2 is 1.87 bits per heavy atom. The second kappa shape index (κ2) is 4.06. The van der Waals surface area contributed by atoms with E-state index in [1.165, 1.54) is 19.2 Å². The standard InChI is InChI=1S/C10H11BrF2O2/c1-9(14,10(11,12)13)7-5-3-4-6-8(7)15-2/h3-6,14H,1-2H3. The van der Waals surface area contributed by atoms with E-state index in [9.17, 15) is 13.9 Å². The first-order valence-electron chi connectivity index (χ1n) is 4.23. The monoisotopic (exact) mass is 280 g/mol. The summed E-state index contributed by atoms with van der Waals surface area (Å²) < 4.78 is 31.1. The number of rotatable bonds is 3. The van der Waals surface area contributed by atoms with Crippen LogP contribution in [0.2, 0.25) is 0 Å². The summed E-state index contributed by atoms with van der Waals surface area (Å²) in [7, 11) is 1.36. The van der Waals surface area contributed by atoms with Crippen molar-refractivity contribution in [2.24, 2.45) is 0 Å². The molecule has 0 bridgehead atoms. The summed E-state index contributed by atoms with van der Waals surface area (Å²) in [6.07, 6.45) is 0. The van der Waals surface area contributed by atoms with Gasteiger partial charge in [0.2, 0.25) is 0 Å². The Hall–Kier alpha value is -0.680. The molecule has 0 fully saturated rings. The lowest BCUT2D eigenvalue weighted by molar-refractivity contribution is -0.110. The lowest BCUT2D eigenvalue weighted by atomic mass is 9.95. The number of alkyl halides is 3. The molecular formula is C10H11BrF2O2. The molecule has 5 heteroatoms. The number of hydrogen-bond acceptors (Lipinski definition) is 2. The van der Waals surface area contributed by atoms with E-state index in [0.717, 1.165) is 6.92 Å². The van der Waals surface area contributed by atoms with E-state index >= 15 is 0 Å². The SMILES string of the molecule is COc1ccccc1C(C)(O)C(F)(F)Br. The van der Waals surface area contributed by atoms with Crippen molar-refractivity contribution in [3.8, 4) is 5.75 Å². The van der Waals surface area contributed by atoms with Crippen molar-refractivity contribution in [3.63, 3.8) is 0 Å². The van der Waals surface area contributed by atoms with Gasteiger partial charge in [0.15, 0.2) is 5.60 Å². The molecule has 0 saturated carbocycles. The average Bonchev–Trinajstić information content (AvgIpc) is 2.16. The van der Waals surface area contributed by atoms with Crippen LogP contribution in [0.4, 0.5) is 8.78 Å². The molecule has 1 aromatic rings. The Morgan fingerprint density at radius 1 is 1.33 bits per heavy atom. The first kappa shape index (κ1) is 12.4. The maximum Gasteiger partial charge on any atom is 0.333 e. The molecule has 0 spiro atoms. The van der Waals surface area contributed by atoms with Crippen molar-refractivity contribution in [2.45, 2.75) is 17.4 Å². The molecule has 0 aliphatic heterocycles. The zero-order valence-electron chi connectivity index (χ0n) is 8.30. The van der Waals surface area contributed by atoms with Gasteiger partial charge in [-0.25, -0.2) is 0 Å². The van der Waals surface area contributed by atoms with Gasteiger partial charge >= 0.3 is 4.83 Å². The lowest BCUT2D eigenvalue weighted by Gasteiger charge is -2.29. The second-order valence-corrected chi connectivity index (χ2v) is 4.27. The highest BCUT2D eigenvalue weighted by Crippen LogP contribution is 2.44. The van der Waals surface area contributed by atoms with Gasteiger partial charge < -0.3 is 9.84 Å². The van der Waals surface area contributed by atoms with Gasteiger partial charge in [-0.05, 0) is 28.9 Å². The van der Waals surface area contributed by atoms with Crippen LogP contribution in [-0.4, -0.2) is 17.0 Å². The molecule has 0 amide bonds. The summed E-state index contributed by atoms with van der Waals surface area (Å²) in [5.74, 6) is 0.224. The van der Waals surface area contributed by atoms with Crippen LogP contribution in [0.15, 0.2) is 24.3 Å².